The summed E-state index contributed by atoms with van der Waals surface area (Å²) in [5.41, 5.74) is 1.12. The van der Waals surface area contributed by atoms with Crippen molar-refractivity contribution in [1.29, 1.82) is 0 Å². The van der Waals surface area contributed by atoms with Gasteiger partial charge in [0.15, 0.2) is 0 Å². The zero-order valence-corrected chi connectivity index (χ0v) is 14.2. The number of piperidine rings is 1. The summed E-state index contributed by atoms with van der Waals surface area (Å²) < 4.78 is 0. The molecular weight excluding hydrogens is 272 g/mol. The van der Waals surface area contributed by atoms with Crippen molar-refractivity contribution < 1.29 is 4.79 Å². The van der Waals surface area contributed by atoms with Crippen molar-refractivity contribution in [1.82, 2.24) is 10.2 Å². The maximum absolute atomic E-state index is 12.5. The number of carbonyl (C=O) groups is 1. The smallest absolute Gasteiger partial charge is 0.227 e. The minimum Gasteiger partial charge on any atom is -0.355 e. The lowest BCUT2D eigenvalue weighted by Crippen LogP contribution is -2.44. The van der Waals surface area contributed by atoms with Gasteiger partial charge < -0.3 is 10.2 Å². The zero-order valence-electron chi connectivity index (χ0n) is 14.2. The van der Waals surface area contributed by atoms with Gasteiger partial charge in [0.2, 0.25) is 5.91 Å². The van der Waals surface area contributed by atoms with E-state index in [1.165, 1.54) is 19.4 Å². The molecule has 1 aliphatic heterocycles. The van der Waals surface area contributed by atoms with Crippen LogP contribution in [0.2, 0.25) is 0 Å². The predicted octanol–water partition coefficient (Wildman–Crippen LogP) is 3.42. The van der Waals surface area contributed by atoms with Gasteiger partial charge in [-0.1, -0.05) is 37.3 Å². The lowest BCUT2D eigenvalue weighted by Gasteiger charge is -2.35. The van der Waals surface area contributed by atoms with E-state index in [1.54, 1.807) is 0 Å². The van der Waals surface area contributed by atoms with Crippen LogP contribution in [-0.4, -0.2) is 36.5 Å². The molecule has 0 saturated carbocycles. The summed E-state index contributed by atoms with van der Waals surface area (Å²) in [6, 6.07) is 10.7. The van der Waals surface area contributed by atoms with Crippen molar-refractivity contribution in [3.8, 4) is 0 Å². The lowest BCUT2D eigenvalue weighted by atomic mass is 9.94. The fourth-order valence-electron chi connectivity index (χ4n) is 3.36. The van der Waals surface area contributed by atoms with Crippen LogP contribution >= 0.6 is 0 Å². The van der Waals surface area contributed by atoms with Gasteiger partial charge >= 0.3 is 0 Å². The molecule has 1 N–H and O–H groups in total. The van der Waals surface area contributed by atoms with Gasteiger partial charge in [-0.2, -0.15) is 0 Å². The molecule has 0 bridgehead atoms. The van der Waals surface area contributed by atoms with Crippen LogP contribution in [-0.2, 0) is 4.79 Å². The molecule has 2 rings (SSSR count). The summed E-state index contributed by atoms with van der Waals surface area (Å²) in [5, 5.41) is 3.20. The normalized spacial score (nSPS) is 20.8. The maximum Gasteiger partial charge on any atom is 0.227 e. The van der Waals surface area contributed by atoms with E-state index in [0.29, 0.717) is 12.0 Å². The van der Waals surface area contributed by atoms with Gasteiger partial charge in [0, 0.05) is 19.1 Å². The number of benzene rings is 1. The third-order valence-corrected chi connectivity index (χ3v) is 4.77. The fraction of sp³-hybridized carbons (Fsp3) is 0.632. The quantitative estimate of drug-likeness (QED) is 0.873. The molecule has 0 aliphatic carbocycles. The highest BCUT2D eigenvalue weighted by Gasteiger charge is 2.24. The van der Waals surface area contributed by atoms with E-state index < -0.39 is 0 Å². The molecule has 1 amide bonds. The van der Waals surface area contributed by atoms with Gasteiger partial charge in [0.25, 0.3) is 0 Å². The van der Waals surface area contributed by atoms with Crippen LogP contribution in [0.1, 0.15) is 51.5 Å². The molecule has 1 aromatic carbocycles. The predicted molar refractivity (Wildman–Crippen MR) is 91.9 cm³/mol. The molecule has 1 saturated heterocycles. The van der Waals surface area contributed by atoms with Gasteiger partial charge in [-0.05, 0) is 51.1 Å². The zero-order chi connectivity index (χ0) is 15.9. The molecule has 3 heteroatoms. The molecule has 1 fully saturated rings. The highest BCUT2D eigenvalue weighted by Crippen LogP contribution is 2.21. The van der Waals surface area contributed by atoms with Crippen LogP contribution in [0, 0.1) is 5.92 Å². The Morgan fingerprint density at radius 1 is 1.32 bits per heavy atom. The summed E-state index contributed by atoms with van der Waals surface area (Å²) in [5.74, 6) is 0.745. The van der Waals surface area contributed by atoms with Crippen molar-refractivity contribution in [3.63, 3.8) is 0 Å². The molecule has 0 unspecified atom stereocenters. The van der Waals surface area contributed by atoms with Crippen LogP contribution in [0.15, 0.2) is 30.3 Å². The first-order valence-corrected chi connectivity index (χ1v) is 8.68. The molecule has 0 spiro atoms. The number of carbonyl (C=O) groups excluding carboxylic acids is 1. The van der Waals surface area contributed by atoms with E-state index in [0.717, 1.165) is 25.1 Å². The topological polar surface area (TPSA) is 32.3 Å². The summed E-state index contributed by atoms with van der Waals surface area (Å²) in [7, 11) is 0. The summed E-state index contributed by atoms with van der Waals surface area (Å²) in [6.45, 7) is 9.71. The van der Waals surface area contributed by atoms with Crippen molar-refractivity contribution in [2.24, 2.45) is 5.92 Å². The second kappa shape index (κ2) is 8.33. The average molecular weight is 302 g/mol. The highest BCUT2D eigenvalue weighted by atomic mass is 16.1. The molecule has 2 atom stereocenters. The second-order valence-electron chi connectivity index (χ2n) is 6.71. The van der Waals surface area contributed by atoms with E-state index in [2.05, 4.69) is 43.1 Å². The number of hydrogen-bond acceptors (Lipinski definition) is 2. The van der Waals surface area contributed by atoms with E-state index in [-0.39, 0.29) is 11.8 Å². The molecule has 0 radical (unpaired) electrons. The summed E-state index contributed by atoms with van der Waals surface area (Å²) in [6.07, 6.45) is 3.32. The minimum atomic E-state index is -0.0222. The number of amides is 1. The molecule has 22 heavy (non-hydrogen) atoms. The van der Waals surface area contributed by atoms with Gasteiger partial charge in [0.1, 0.15) is 0 Å². The maximum atomic E-state index is 12.5. The van der Waals surface area contributed by atoms with Crippen molar-refractivity contribution >= 4 is 5.91 Å². The molecule has 1 aliphatic rings. The second-order valence-corrected chi connectivity index (χ2v) is 6.71. The third kappa shape index (κ3) is 4.57. The van der Waals surface area contributed by atoms with Crippen LogP contribution in [0.5, 0.6) is 0 Å². The first-order chi connectivity index (χ1) is 10.6. The summed E-state index contributed by atoms with van der Waals surface area (Å²) in [4.78, 5) is 15.0. The monoisotopic (exact) mass is 302 g/mol. The Morgan fingerprint density at radius 2 is 2.05 bits per heavy atom. The van der Waals surface area contributed by atoms with E-state index >= 15 is 0 Å². The lowest BCUT2D eigenvalue weighted by molar-refractivity contribution is -0.122. The molecule has 1 heterocycles. The molecule has 3 nitrogen and oxygen atoms in total. The standard InChI is InChI=1S/C19H30N2O/c1-4-18(17-10-6-5-7-11-17)19(22)20-13-16-9-8-12-21(14-16)15(2)3/h5-7,10-11,15-16,18H,4,8-9,12-14H2,1-3H3,(H,20,22)/t16-,18-/m1/s1. The number of nitrogens with one attached hydrogen (secondary N) is 1. The summed E-state index contributed by atoms with van der Waals surface area (Å²) >= 11 is 0. The number of nitrogens with zero attached hydrogens (tertiary/aromatic N) is 1. The first-order valence-electron chi connectivity index (χ1n) is 8.68. The Hall–Kier alpha value is -1.35. The van der Waals surface area contributed by atoms with Gasteiger partial charge in [-0.15, -0.1) is 0 Å². The molecule has 0 aromatic heterocycles. The first kappa shape index (κ1) is 17.0. The molecular formula is C19H30N2O. The van der Waals surface area contributed by atoms with Gasteiger partial charge in [-0.25, -0.2) is 0 Å². The van der Waals surface area contributed by atoms with E-state index in [4.69, 9.17) is 0 Å². The number of likely N-dealkylation sites (tertiary alicyclic amines) is 1. The number of hydrogen-bond donors (Lipinski definition) is 1. The Morgan fingerprint density at radius 3 is 2.68 bits per heavy atom. The van der Waals surface area contributed by atoms with Crippen molar-refractivity contribution in [3.05, 3.63) is 35.9 Å². The molecule has 122 valence electrons. The Labute approximate surface area is 135 Å². The van der Waals surface area contributed by atoms with Crippen LogP contribution < -0.4 is 5.32 Å². The molecule has 1 aromatic rings. The SMILES string of the molecule is CC[C@@H](C(=O)NC[C@H]1CCCN(C(C)C)C1)c1ccccc1. The largest absolute Gasteiger partial charge is 0.355 e. The number of rotatable bonds is 6. The minimum absolute atomic E-state index is 0.0222. The average Bonchev–Trinajstić information content (AvgIpc) is 2.55. The van der Waals surface area contributed by atoms with Crippen molar-refractivity contribution in [2.75, 3.05) is 19.6 Å². The fourth-order valence-corrected chi connectivity index (χ4v) is 3.36. The van der Waals surface area contributed by atoms with Gasteiger partial charge in [0.05, 0.1) is 5.92 Å². The van der Waals surface area contributed by atoms with E-state index in [9.17, 15) is 4.79 Å². The Balaban J connectivity index is 1.86. The Bertz CT molecular complexity index is 458. The van der Waals surface area contributed by atoms with Crippen LogP contribution in [0.4, 0.5) is 0 Å². The van der Waals surface area contributed by atoms with Crippen molar-refractivity contribution in [2.45, 2.75) is 52.0 Å². The van der Waals surface area contributed by atoms with Crippen LogP contribution in [0.25, 0.3) is 0 Å². The third-order valence-electron chi connectivity index (χ3n) is 4.77. The highest BCUT2D eigenvalue weighted by molar-refractivity contribution is 5.83. The Kier molecular flexibility index (Phi) is 6.44. The van der Waals surface area contributed by atoms with Crippen LogP contribution in [0.3, 0.4) is 0 Å². The van der Waals surface area contributed by atoms with Gasteiger partial charge in [-0.3, -0.25) is 4.79 Å². The van der Waals surface area contributed by atoms with E-state index in [1.807, 2.05) is 18.2 Å².